The fraction of sp³-hybridized carbons (Fsp3) is 0.333. The molecule has 2 aromatic rings. The summed E-state index contributed by atoms with van der Waals surface area (Å²) in [7, 11) is 1.64. The van der Waals surface area contributed by atoms with E-state index in [2.05, 4.69) is 11.4 Å². The molecule has 0 saturated heterocycles. The van der Waals surface area contributed by atoms with Crippen LogP contribution in [-0.2, 0) is 7.05 Å². The Morgan fingerprint density at radius 1 is 1.27 bits per heavy atom. The second-order valence-electron chi connectivity index (χ2n) is 5.63. The van der Waals surface area contributed by atoms with E-state index in [9.17, 15) is 9.59 Å². The smallest absolute Gasteiger partial charge is 0.263 e. The number of carbonyl (C=O) groups is 1. The molecule has 1 unspecified atom stereocenters. The van der Waals surface area contributed by atoms with Gasteiger partial charge in [-0.25, -0.2) is 0 Å². The van der Waals surface area contributed by atoms with Crippen LogP contribution in [0.15, 0.2) is 41.3 Å². The molecule has 0 saturated carbocycles. The molecule has 4 heteroatoms. The Bertz CT molecular complexity index is 747. The van der Waals surface area contributed by atoms with Gasteiger partial charge in [0.15, 0.2) is 0 Å². The zero-order chi connectivity index (χ0) is 16.3. The van der Waals surface area contributed by atoms with Crippen molar-refractivity contribution in [1.29, 1.82) is 0 Å². The number of hydrogen-bond donors (Lipinski definition) is 1. The molecule has 0 spiro atoms. The largest absolute Gasteiger partial charge is 0.345 e. The van der Waals surface area contributed by atoms with Crippen LogP contribution >= 0.6 is 0 Å². The Kier molecular flexibility index (Phi) is 4.81. The summed E-state index contributed by atoms with van der Waals surface area (Å²) in [6.45, 7) is 6.11. The van der Waals surface area contributed by atoms with Gasteiger partial charge >= 0.3 is 0 Å². The second kappa shape index (κ2) is 6.60. The van der Waals surface area contributed by atoms with E-state index in [1.54, 1.807) is 25.4 Å². The molecule has 22 heavy (non-hydrogen) atoms. The van der Waals surface area contributed by atoms with E-state index in [-0.39, 0.29) is 23.1 Å². The van der Waals surface area contributed by atoms with Crippen molar-refractivity contribution in [2.45, 2.75) is 33.2 Å². The molecule has 1 atom stereocenters. The first kappa shape index (κ1) is 16.0. The SMILES string of the molecule is CCC(NC(=O)c1cccn(C)c1=O)c1ccc(C)cc1C. The minimum Gasteiger partial charge on any atom is -0.345 e. The lowest BCUT2D eigenvalue weighted by molar-refractivity contribution is 0.0933. The van der Waals surface area contributed by atoms with Crippen molar-refractivity contribution in [1.82, 2.24) is 9.88 Å². The summed E-state index contributed by atoms with van der Waals surface area (Å²) in [5.41, 5.74) is 3.32. The van der Waals surface area contributed by atoms with Crippen LogP contribution in [0.25, 0.3) is 0 Å². The average molecular weight is 298 g/mol. The van der Waals surface area contributed by atoms with Gasteiger partial charge < -0.3 is 9.88 Å². The van der Waals surface area contributed by atoms with Crippen LogP contribution in [0.5, 0.6) is 0 Å². The molecule has 0 aliphatic heterocycles. The minimum absolute atomic E-state index is 0.0991. The lowest BCUT2D eigenvalue weighted by atomic mass is 9.97. The number of nitrogens with zero attached hydrogens (tertiary/aromatic N) is 1. The quantitative estimate of drug-likeness (QED) is 0.943. The normalized spacial score (nSPS) is 12.0. The molecule has 4 nitrogen and oxygen atoms in total. The molecule has 116 valence electrons. The van der Waals surface area contributed by atoms with Gasteiger partial charge in [0.1, 0.15) is 5.56 Å². The van der Waals surface area contributed by atoms with Gasteiger partial charge in [-0.2, -0.15) is 0 Å². The van der Waals surface area contributed by atoms with E-state index in [0.29, 0.717) is 0 Å². The van der Waals surface area contributed by atoms with E-state index in [0.717, 1.165) is 17.5 Å². The molecular formula is C18H22N2O2. The van der Waals surface area contributed by atoms with Gasteiger partial charge in [-0.15, -0.1) is 0 Å². The van der Waals surface area contributed by atoms with Crippen molar-refractivity contribution >= 4 is 5.91 Å². The summed E-state index contributed by atoms with van der Waals surface area (Å²) in [6.07, 6.45) is 2.41. The number of nitrogens with one attached hydrogen (secondary N) is 1. The third kappa shape index (κ3) is 3.27. The number of rotatable bonds is 4. The second-order valence-corrected chi connectivity index (χ2v) is 5.63. The zero-order valence-electron chi connectivity index (χ0n) is 13.5. The van der Waals surface area contributed by atoms with Crippen LogP contribution in [0, 0.1) is 13.8 Å². The molecule has 0 bridgehead atoms. The summed E-state index contributed by atoms with van der Waals surface area (Å²) in [4.78, 5) is 24.4. The third-order valence-corrected chi connectivity index (χ3v) is 3.88. The standard InChI is InChI=1S/C18H22N2O2/c1-5-16(14-9-8-12(2)11-13(14)3)19-17(21)15-7-6-10-20(4)18(15)22/h6-11,16H,5H2,1-4H3,(H,19,21). The zero-order valence-corrected chi connectivity index (χ0v) is 13.5. The van der Waals surface area contributed by atoms with Crippen LogP contribution in [0.1, 0.15) is 46.4 Å². The van der Waals surface area contributed by atoms with Crippen LogP contribution in [-0.4, -0.2) is 10.5 Å². The van der Waals surface area contributed by atoms with Gasteiger partial charge in [-0.05, 0) is 43.5 Å². The highest BCUT2D eigenvalue weighted by Crippen LogP contribution is 2.21. The number of aryl methyl sites for hydroxylation is 3. The predicted molar refractivity (Wildman–Crippen MR) is 88.1 cm³/mol. The van der Waals surface area contributed by atoms with E-state index in [1.165, 1.54) is 10.1 Å². The fourth-order valence-electron chi connectivity index (χ4n) is 2.62. The molecule has 1 heterocycles. The Balaban J connectivity index is 2.28. The molecule has 1 amide bonds. The lowest BCUT2D eigenvalue weighted by Gasteiger charge is -2.20. The molecule has 0 aliphatic rings. The first-order valence-electron chi connectivity index (χ1n) is 7.47. The van der Waals surface area contributed by atoms with Gasteiger partial charge in [-0.1, -0.05) is 30.7 Å². The molecule has 1 N–H and O–H groups in total. The van der Waals surface area contributed by atoms with Crippen molar-refractivity contribution in [3.8, 4) is 0 Å². The van der Waals surface area contributed by atoms with Crippen LogP contribution in [0.3, 0.4) is 0 Å². The van der Waals surface area contributed by atoms with E-state index < -0.39 is 0 Å². The molecule has 0 fully saturated rings. The van der Waals surface area contributed by atoms with E-state index in [4.69, 9.17) is 0 Å². The number of pyridine rings is 1. The summed E-state index contributed by atoms with van der Waals surface area (Å²) in [5.74, 6) is -0.326. The summed E-state index contributed by atoms with van der Waals surface area (Å²) in [6, 6.07) is 9.35. The summed E-state index contributed by atoms with van der Waals surface area (Å²) < 4.78 is 1.41. The number of amides is 1. The molecule has 1 aromatic carbocycles. The Labute approximate surface area is 130 Å². The molecule has 1 aromatic heterocycles. The maximum Gasteiger partial charge on any atom is 0.263 e. The molecule has 0 radical (unpaired) electrons. The van der Waals surface area contributed by atoms with Crippen molar-refractivity contribution in [2.24, 2.45) is 7.05 Å². The minimum atomic E-state index is -0.326. The van der Waals surface area contributed by atoms with Crippen molar-refractivity contribution in [3.05, 3.63) is 69.1 Å². The number of benzene rings is 1. The molecule has 0 aliphatic carbocycles. The summed E-state index contributed by atoms with van der Waals surface area (Å²) >= 11 is 0. The monoisotopic (exact) mass is 298 g/mol. The first-order valence-corrected chi connectivity index (χ1v) is 7.47. The van der Waals surface area contributed by atoms with Crippen LogP contribution < -0.4 is 10.9 Å². The highest BCUT2D eigenvalue weighted by Gasteiger charge is 2.18. The average Bonchev–Trinajstić information content (AvgIpc) is 2.48. The van der Waals surface area contributed by atoms with Crippen LogP contribution in [0.2, 0.25) is 0 Å². The fourth-order valence-corrected chi connectivity index (χ4v) is 2.62. The first-order chi connectivity index (χ1) is 10.4. The lowest BCUT2D eigenvalue weighted by Crippen LogP contribution is -2.34. The third-order valence-electron chi connectivity index (χ3n) is 3.88. The number of aromatic nitrogens is 1. The topological polar surface area (TPSA) is 51.1 Å². The Morgan fingerprint density at radius 3 is 2.64 bits per heavy atom. The molecular weight excluding hydrogens is 276 g/mol. The highest BCUT2D eigenvalue weighted by molar-refractivity contribution is 5.94. The van der Waals surface area contributed by atoms with Crippen molar-refractivity contribution in [3.63, 3.8) is 0 Å². The number of carbonyl (C=O) groups excluding carboxylic acids is 1. The van der Waals surface area contributed by atoms with E-state index in [1.807, 2.05) is 32.9 Å². The van der Waals surface area contributed by atoms with Crippen molar-refractivity contribution in [2.75, 3.05) is 0 Å². The van der Waals surface area contributed by atoms with Gasteiger partial charge in [-0.3, -0.25) is 9.59 Å². The van der Waals surface area contributed by atoms with Gasteiger partial charge in [0.25, 0.3) is 11.5 Å². The summed E-state index contributed by atoms with van der Waals surface area (Å²) in [5, 5.41) is 2.98. The maximum atomic E-state index is 12.4. The van der Waals surface area contributed by atoms with Gasteiger partial charge in [0.2, 0.25) is 0 Å². The van der Waals surface area contributed by atoms with Crippen molar-refractivity contribution < 1.29 is 4.79 Å². The predicted octanol–water partition coefficient (Wildman–Crippen LogP) is 2.88. The van der Waals surface area contributed by atoms with Gasteiger partial charge in [0, 0.05) is 13.2 Å². The Hall–Kier alpha value is -2.36. The van der Waals surface area contributed by atoms with Gasteiger partial charge in [0.05, 0.1) is 6.04 Å². The molecule has 2 rings (SSSR count). The van der Waals surface area contributed by atoms with E-state index >= 15 is 0 Å². The number of hydrogen-bond acceptors (Lipinski definition) is 2. The maximum absolute atomic E-state index is 12.4. The highest BCUT2D eigenvalue weighted by atomic mass is 16.2. The Morgan fingerprint density at radius 2 is 2.00 bits per heavy atom. The van der Waals surface area contributed by atoms with Crippen LogP contribution in [0.4, 0.5) is 0 Å².